The van der Waals surface area contributed by atoms with E-state index >= 15 is 0 Å². The zero-order valence-corrected chi connectivity index (χ0v) is 5.44. The maximum absolute atomic E-state index is 11.5. The lowest BCUT2D eigenvalue weighted by atomic mass is 10.2. The second-order valence-electron chi connectivity index (χ2n) is 2.07. The minimum Gasteiger partial charge on any atom is -0.383 e. The van der Waals surface area contributed by atoms with Crippen molar-refractivity contribution < 1.29 is 13.9 Å². The summed E-state index contributed by atoms with van der Waals surface area (Å²) in [6.07, 6.45) is -3.14. The van der Waals surface area contributed by atoms with Gasteiger partial charge in [-0.25, -0.2) is 8.78 Å². The lowest BCUT2D eigenvalue weighted by Gasteiger charge is -2.02. The van der Waals surface area contributed by atoms with E-state index in [0.29, 0.717) is 5.57 Å². The highest BCUT2D eigenvalue weighted by Gasteiger charge is 2.12. The standard InChI is InChI=1S/C6H10F2O/c1-4(2)3-5(9)6(7)8/h3,5-6,9H,1-2H3. The van der Waals surface area contributed by atoms with Crippen LogP contribution in [0, 0.1) is 0 Å². The van der Waals surface area contributed by atoms with Gasteiger partial charge in [-0.2, -0.15) is 0 Å². The molecule has 0 aromatic rings. The predicted molar refractivity (Wildman–Crippen MR) is 31.4 cm³/mol. The Morgan fingerprint density at radius 1 is 1.44 bits per heavy atom. The highest BCUT2D eigenvalue weighted by molar-refractivity contribution is 4.98. The largest absolute Gasteiger partial charge is 0.383 e. The highest BCUT2D eigenvalue weighted by atomic mass is 19.3. The van der Waals surface area contributed by atoms with Crippen LogP contribution in [-0.4, -0.2) is 17.6 Å². The van der Waals surface area contributed by atoms with Crippen LogP contribution in [-0.2, 0) is 0 Å². The molecule has 0 aliphatic rings. The van der Waals surface area contributed by atoms with Crippen LogP contribution < -0.4 is 0 Å². The van der Waals surface area contributed by atoms with Crippen molar-refractivity contribution in [2.24, 2.45) is 0 Å². The predicted octanol–water partition coefficient (Wildman–Crippen LogP) is 1.58. The highest BCUT2D eigenvalue weighted by Crippen LogP contribution is 2.03. The molecule has 0 aliphatic carbocycles. The summed E-state index contributed by atoms with van der Waals surface area (Å²) in [6, 6.07) is 0. The topological polar surface area (TPSA) is 20.2 Å². The first-order chi connectivity index (χ1) is 4.04. The quantitative estimate of drug-likeness (QED) is 0.571. The number of alkyl halides is 2. The summed E-state index contributed by atoms with van der Waals surface area (Å²) in [4.78, 5) is 0. The van der Waals surface area contributed by atoms with Crippen molar-refractivity contribution in [3.05, 3.63) is 11.6 Å². The minimum atomic E-state index is -2.67. The summed E-state index contributed by atoms with van der Waals surface area (Å²) in [5.41, 5.74) is 0.697. The molecule has 1 N–H and O–H groups in total. The Morgan fingerprint density at radius 2 is 1.89 bits per heavy atom. The smallest absolute Gasteiger partial charge is 0.267 e. The van der Waals surface area contributed by atoms with E-state index in [1.807, 2.05) is 0 Å². The fraction of sp³-hybridized carbons (Fsp3) is 0.667. The lowest BCUT2D eigenvalue weighted by Crippen LogP contribution is -2.13. The molecule has 0 aromatic heterocycles. The van der Waals surface area contributed by atoms with Crippen molar-refractivity contribution >= 4 is 0 Å². The van der Waals surface area contributed by atoms with Crippen LogP contribution >= 0.6 is 0 Å². The Balaban J connectivity index is 3.76. The molecule has 0 aromatic carbocycles. The summed E-state index contributed by atoms with van der Waals surface area (Å²) in [7, 11) is 0. The molecule has 0 saturated carbocycles. The van der Waals surface area contributed by atoms with E-state index in [1.165, 1.54) is 0 Å². The molecule has 9 heavy (non-hydrogen) atoms. The molecular weight excluding hydrogens is 126 g/mol. The fourth-order valence-electron chi connectivity index (χ4n) is 0.414. The van der Waals surface area contributed by atoms with E-state index < -0.39 is 12.5 Å². The molecule has 0 spiro atoms. The first kappa shape index (κ1) is 8.56. The average Bonchev–Trinajstić information content (AvgIpc) is 1.63. The van der Waals surface area contributed by atoms with Crippen molar-refractivity contribution in [3.63, 3.8) is 0 Å². The Morgan fingerprint density at radius 3 is 2.00 bits per heavy atom. The van der Waals surface area contributed by atoms with E-state index in [1.54, 1.807) is 13.8 Å². The molecule has 1 nitrogen and oxygen atoms in total. The van der Waals surface area contributed by atoms with Crippen molar-refractivity contribution in [2.75, 3.05) is 0 Å². The third-order valence-corrected chi connectivity index (χ3v) is 0.762. The second kappa shape index (κ2) is 3.56. The van der Waals surface area contributed by atoms with Gasteiger partial charge in [0.2, 0.25) is 0 Å². The molecule has 0 radical (unpaired) electrons. The zero-order chi connectivity index (χ0) is 7.44. The van der Waals surface area contributed by atoms with Gasteiger partial charge in [0.15, 0.2) is 0 Å². The summed E-state index contributed by atoms with van der Waals surface area (Å²) in [6.45, 7) is 3.32. The third-order valence-electron chi connectivity index (χ3n) is 0.762. The van der Waals surface area contributed by atoms with Crippen molar-refractivity contribution in [2.45, 2.75) is 26.4 Å². The SMILES string of the molecule is CC(C)=CC(O)C(F)F. The first-order valence-corrected chi connectivity index (χ1v) is 2.65. The van der Waals surface area contributed by atoms with E-state index in [0.717, 1.165) is 6.08 Å². The molecule has 0 saturated heterocycles. The molecular formula is C6H10F2O. The van der Waals surface area contributed by atoms with Gasteiger partial charge in [0.1, 0.15) is 6.10 Å². The molecule has 1 unspecified atom stereocenters. The molecule has 0 rings (SSSR count). The van der Waals surface area contributed by atoms with Crippen molar-refractivity contribution in [1.82, 2.24) is 0 Å². The van der Waals surface area contributed by atoms with Gasteiger partial charge in [-0.3, -0.25) is 0 Å². The molecule has 0 aliphatic heterocycles. The van der Waals surface area contributed by atoms with Crippen LogP contribution in [0.4, 0.5) is 8.78 Å². The number of aliphatic hydroxyl groups is 1. The summed E-state index contributed by atoms with van der Waals surface area (Å²) >= 11 is 0. The van der Waals surface area contributed by atoms with Crippen LogP contribution in [0.1, 0.15) is 13.8 Å². The Labute approximate surface area is 53.0 Å². The Kier molecular flexibility index (Phi) is 3.39. The van der Waals surface area contributed by atoms with Gasteiger partial charge in [-0.1, -0.05) is 11.6 Å². The molecule has 54 valence electrons. The van der Waals surface area contributed by atoms with E-state index in [4.69, 9.17) is 5.11 Å². The zero-order valence-electron chi connectivity index (χ0n) is 5.44. The van der Waals surface area contributed by atoms with Crippen LogP contribution in [0.3, 0.4) is 0 Å². The molecule has 3 heteroatoms. The van der Waals surface area contributed by atoms with Gasteiger partial charge in [0.05, 0.1) is 0 Å². The minimum absolute atomic E-state index is 0.697. The lowest BCUT2D eigenvalue weighted by molar-refractivity contribution is 0.0237. The summed E-state index contributed by atoms with van der Waals surface area (Å²) in [5.74, 6) is 0. The number of aliphatic hydroxyl groups excluding tert-OH is 1. The molecule has 1 atom stereocenters. The fourth-order valence-corrected chi connectivity index (χ4v) is 0.414. The van der Waals surface area contributed by atoms with Crippen LogP contribution in [0.25, 0.3) is 0 Å². The number of rotatable bonds is 2. The monoisotopic (exact) mass is 136 g/mol. The van der Waals surface area contributed by atoms with Gasteiger partial charge < -0.3 is 5.11 Å². The summed E-state index contributed by atoms with van der Waals surface area (Å²) in [5, 5.41) is 8.47. The average molecular weight is 136 g/mol. The Hall–Kier alpha value is -0.440. The van der Waals surface area contributed by atoms with Gasteiger partial charge in [0.25, 0.3) is 6.43 Å². The van der Waals surface area contributed by atoms with Crippen LogP contribution in [0.5, 0.6) is 0 Å². The maximum atomic E-state index is 11.5. The second-order valence-corrected chi connectivity index (χ2v) is 2.07. The molecule has 0 heterocycles. The van der Waals surface area contributed by atoms with Gasteiger partial charge in [-0.15, -0.1) is 0 Å². The van der Waals surface area contributed by atoms with Gasteiger partial charge in [-0.05, 0) is 13.8 Å². The number of allylic oxidation sites excluding steroid dienone is 1. The van der Waals surface area contributed by atoms with Crippen molar-refractivity contribution in [1.29, 1.82) is 0 Å². The third kappa shape index (κ3) is 4.09. The summed E-state index contributed by atoms with van der Waals surface area (Å²) < 4.78 is 23.0. The normalized spacial score (nSPS) is 13.6. The van der Waals surface area contributed by atoms with Crippen LogP contribution in [0.15, 0.2) is 11.6 Å². The van der Waals surface area contributed by atoms with Gasteiger partial charge in [0, 0.05) is 0 Å². The first-order valence-electron chi connectivity index (χ1n) is 2.65. The van der Waals surface area contributed by atoms with E-state index in [9.17, 15) is 8.78 Å². The number of hydrogen-bond acceptors (Lipinski definition) is 1. The van der Waals surface area contributed by atoms with Crippen LogP contribution in [0.2, 0.25) is 0 Å². The van der Waals surface area contributed by atoms with Crippen molar-refractivity contribution in [3.8, 4) is 0 Å². The van der Waals surface area contributed by atoms with E-state index in [-0.39, 0.29) is 0 Å². The maximum Gasteiger partial charge on any atom is 0.267 e. The van der Waals surface area contributed by atoms with Gasteiger partial charge >= 0.3 is 0 Å². The number of hydrogen-bond donors (Lipinski definition) is 1. The van der Waals surface area contributed by atoms with E-state index in [2.05, 4.69) is 0 Å². The molecule has 0 bridgehead atoms. The Bertz CT molecular complexity index is 106. The molecule has 0 fully saturated rings. The number of halogens is 2. The molecule has 0 amide bonds.